The molecule has 28 heavy (non-hydrogen) atoms. The van der Waals surface area contributed by atoms with Crippen LogP contribution < -0.4 is 5.73 Å². The molecule has 0 bridgehead atoms. The first kappa shape index (κ1) is 19.2. The van der Waals surface area contributed by atoms with E-state index in [1.165, 1.54) is 0 Å². The van der Waals surface area contributed by atoms with Gasteiger partial charge in [-0.15, -0.1) is 0 Å². The van der Waals surface area contributed by atoms with Gasteiger partial charge in [-0.25, -0.2) is 4.99 Å². The Morgan fingerprint density at radius 3 is 2.57 bits per heavy atom. The molecule has 5 heteroatoms. The van der Waals surface area contributed by atoms with Crippen molar-refractivity contribution in [3.63, 3.8) is 0 Å². The third-order valence-corrected chi connectivity index (χ3v) is 5.43. The molecular formula is C23H23N5. The largest absolute Gasteiger partial charge is 0.370 e. The minimum absolute atomic E-state index is 0.135. The number of benzene rings is 2. The highest BCUT2D eigenvalue weighted by atomic mass is 15.3. The zero-order valence-electron chi connectivity index (χ0n) is 16.2. The van der Waals surface area contributed by atoms with Gasteiger partial charge in [0.1, 0.15) is 0 Å². The fourth-order valence-electron chi connectivity index (χ4n) is 3.77. The third kappa shape index (κ3) is 3.35. The lowest BCUT2D eigenvalue weighted by atomic mass is 9.73. The molecule has 0 spiro atoms. The first-order valence-electron chi connectivity index (χ1n) is 9.15. The van der Waals surface area contributed by atoms with Gasteiger partial charge in [0, 0.05) is 19.2 Å². The average Bonchev–Trinajstić information content (AvgIpc) is 2.71. The number of aryl methyl sites for hydroxylation is 1. The maximum Gasteiger partial charge on any atom is 0.196 e. The van der Waals surface area contributed by atoms with Gasteiger partial charge in [-0.1, -0.05) is 43.0 Å². The number of rotatable bonds is 4. The van der Waals surface area contributed by atoms with Crippen LogP contribution in [-0.4, -0.2) is 17.9 Å². The molecule has 0 saturated carbocycles. The molecule has 2 aromatic rings. The zero-order chi connectivity index (χ0) is 20.3. The number of hydrogen-bond acceptors (Lipinski definition) is 5. The van der Waals surface area contributed by atoms with Gasteiger partial charge in [0.25, 0.3) is 0 Å². The Kier molecular flexibility index (Phi) is 5.20. The molecule has 0 radical (unpaired) electrons. The number of aliphatic imine (C=N–C) groups is 1. The molecule has 1 unspecified atom stereocenters. The Labute approximate surface area is 166 Å². The predicted octanol–water partition coefficient (Wildman–Crippen LogP) is 3.79. The number of nitriles is 2. The van der Waals surface area contributed by atoms with Crippen LogP contribution in [0.2, 0.25) is 0 Å². The highest BCUT2D eigenvalue weighted by Crippen LogP contribution is 2.47. The van der Waals surface area contributed by atoms with Gasteiger partial charge < -0.3 is 10.6 Å². The molecule has 140 valence electrons. The van der Waals surface area contributed by atoms with Crippen molar-refractivity contribution in [3.05, 3.63) is 83.1 Å². The van der Waals surface area contributed by atoms with Crippen molar-refractivity contribution < 1.29 is 0 Å². The van der Waals surface area contributed by atoms with Crippen LogP contribution in [0.5, 0.6) is 0 Å². The van der Waals surface area contributed by atoms with E-state index in [1.54, 1.807) is 6.07 Å². The summed E-state index contributed by atoms with van der Waals surface area (Å²) in [5, 5.41) is 18.1. The van der Waals surface area contributed by atoms with Crippen LogP contribution >= 0.6 is 0 Å². The summed E-state index contributed by atoms with van der Waals surface area (Å²) < 4.78 is 0. The lowest BCUT2D eigenvalue weighted by molar-refractivity contribution is 0.349. The van der Waals surface area contributed by atoms with Crippen molar-refractivity contribution in [1.29, 1.82) is 10.5 Å². The highest BCUT2D eigenvalue weighted by molar-refractivity contribution is 5.82. The van der Waals surface area contributed by atoms with Crippen LogP contribution in [0.15, 0.2) is 65.8 Å². The molecule has 0 aliphatic carbocycles. The molecule has 2 aromatic carbocycles. The zero-order valence-corrected chi connectivity index (χ0v) is 16.2. The van der Waals surface area contributed by atoms with Crippen molar-refractivity contribution in [2.45, 2.75) is 31.2 Å². The van der Waals surface area contributed by atoms with Crippen LogP contribution in [0.1, 0.15) is 41.5 Å². The summed E-state index contributed by atoms with van der Waals surface area (Å²) in [5.41, 5.74) is 10.0. The first-order valence-corrected chi connectivity index (χ1v) is 9.15. The Morgan fingerprint density at radius 2 is 1.93 bits per heavy atom. The summed E-state index contributed by atoms with van der Waals surface area (Å²) in [4.78, 5) is 6.64. The van der Waals surface area contributed by atoms with E-state index in [9.17, 15) is 5.26 Å². The van der Waals surface area contributed by atoms with Crippen LogP contribution in [0.3, 0.4) is 0 Å². The van der Waals surface area contributed by atoms with E-state index in [4.69, 9.17) is 16.0 Å². The number of nitrogens with zero attached hydrogens (tertiary/aromatic N) is 4. The molecule has 2 N–H and O–H groups in total. The highest BCUT2D eigenvalue weighted by Gasteiger charge is 2.43. The van der Waals surface area contributed by atoms with Crippen LogP contribution in [0.25, 0.3) is 0 Å². The van der Waals surface area contributed by atoms with E-state index < -0.39 is 5.54 Å². The van der Waals surface area contributed by atoms with E-state index >= 15 is 0 Å². The standard InChI is InChI=1S/C23H23N5/c1-16-21(19-11-9-17(10-12-19)7-5-13-24)23(2,27-22(26)28(16)3)20-8-4-6-18(14-20)15-25/h4,6,8-12,14,21H,1,5,7H2,2-3H3,(H2,26,27)/t21-,23?/m0/s1. The predicted molar refractivity (Wildman–Crippen MR) is 110 cm³/mol. The fraction of sp³-hybridized carbons (Fsp3) is 0.261. The molecule has 0 aromatic heterocycles. The quantitative estimate of drug-likeness (QED) is 0.888. The minimum Gasteiger partial charge on any atom is -0.370 e. The molecular weight excluding hydrogens is 346 g/mol. The maximum absolute atomic E-state index is 9.32. The van der Waals surface area contributed by atoms with Gasteiger partial charge in [0.05, 0.1) is 29.2 Å². The number of hydrogen-bond donors (Lipinski definition) is 1. The van der Waals surface area contributed by atoms with Crippen molar-refractivity contribution in [3.8, 4) is 12.1 Å². The van der Waals surface area contributed by atoms with Crippen molar-refractivity contribution in [2.24, 2.45) is 10.7 Å². The summed E-state index contributed by atoms with van der Waals surface area (Å²) in [7, 11) is 1.86. The summed E-state index contributed by atoms with van der Waals surface area (Å²) in [6, 6.07) is 20.1. The second-order valence-corrected chi connectivity index (χ2v) is 7.19. The Hall–Kier alpha value is -3.57. The van der Waals surface area contributed by atoms with Crippen molar-refractivity contribution in [1.82, 2.24) is 4.90 Å². The van der Waals surface area contributed by atoms with E-state index in [0.717, 1.165) is 28.8 Å². The van der Waals surface area contributed by atoms with Crippen molar-refractivity contribution in [2.75, 3.05) is 7.05 Å². The van der Waals surface area contributed by atoms with Gasteiger partial charge in [0.2, 0.25) is 0 Å². The van der Waals surface area contributed by atoms with Gasteiger partial charge in [-0.2, -0.15) is 10.5 Å². The Balaban J connectivity index is 2.11. The molecule has 1 aliphatic rings. The second kappa shape index (κ2) is 7.58. The third-order valence-electron chi connectivity index (χ3n) is 5.43. The van der Waals surface area contributed by atoms with Crippen LogP contribution in [0.4, 0.5) is 0 Å². The molecule has 1 aliphatic heterocycles. The SMILES string of the molecule is C=C1[C@@H](c2ccc(CCC#N)cc2)C(C)(c2cccc(C#N)c2)N=C(N)N1C. The summed E-state index contributed by atoms with van der Waals surface area (Å²) >= 11 is 0. The smallest absolute Gasteiger partial charge is 0.196 e. The lowest BCUT2D eigenvalue weighted by Gasteiger charge is -2.44. The Morgan fingerprint density at radius 1 is 1.21 bits per heavy atom. The lowest BCUT2D eigenvalue weighted by Crippen LogP contribution is -2.47. The Bertz CT molecular complexity index is 1010. The van der Waals surface area contributed by atoms with E-state index in [1.807, 2.05) is 49.2 Å². The summed E-state index contributed by atoms with van der Waals surface area (Å²) in [6.45, 7) is 6.33. The molecule has 0 saturated heterocycles. The fourth-order valence-corrected chi connectivity index (χ4v) is 3.77. The minimum atomic E-state index is -0.686. The first-order chi connectivity index (χ1) is 13.4. The van der Waals surface area contributed by atoms with E-state index in [2.05, 4.69) is 30.9 Å². The number of guanidine groups is 1. The molecule has 2 atom stereocenters. The monoisotopic (exact) mass is 369 g/mol. The average molecular weight is 369 g/mol. The van der Waals surface area contributed by atoms with Crippen LogP contribution in [-0.2, 0) is 12.0 Å². The second-order valence-electron chi connectivity index (χ2n) is 7.19. The molecule has 0 amide bonds. The summed E-state index contributed by atoms with van der Waals surface area (Å²) in [6.07, 6.45) is 1.23. The summed E-state index contributed by atoms with van der Waals surface area (Å²) in [5.74, 6) is 0.264. The molecule has 1 heterocycles. The normalized spacial score (nSPS) is 21.6. The molecule has 5 nitrogen and oxygen atoms in total. The van der Waals surface area contributed by atoms with Gasteiger partial charge >= 0.3 is 0 Å². The topological polar surface area (TPSA) is 89.2 Å². The van der Waals surface area contributed by atoms with Gasteiger partial charge in [-0.05, 0) is 42.2 Å². The molecule has 3 rings (SSSR count). The maximum atomic E-state index is 9.32. The molecule has 0 fully saturated rings. The van der Waals surface area contributed by atoms with Gasteiger partial charge in [0.15, 0.2) is 5.96 Å². The van der Waals surface area contributed by atoms with E-state index in [-0.39, 0.29) is 5.92 Å². The van der Waals surface area contributed by atoms with Crippen molar-refractivity contribution >= 4 is 5.96 Å². The number of likely N-dealkylation sites (N-methyl/N-ethyl adjacent to an activating group) is 1. The van der Waals surface area contributed by atoms with Crippen LogP contribution in [0, 0.1) is 22.7 Å². The van der Waals surface area contributed by atoms with Gasteiger partial charge in [-0.3, -0.25) is 0 Å². The number of nitrogens with two attached hydrogens (primary N) is 1. The van der Waals surface area contributed by atoms with E-state index in [0.29, 0.717) is 17.9 Å².